The molecule has 1 saturated heterocycles. The van der Waals surface area contributed by atoms with Crippen molar-refractivity contribution in [3.05, 3.63) is 44.9 Å². The molecule has 0 unspecified atom stereocenters. The Morgan fingerprint density at radius 3 is 2.90 bits per heavy atom. The number of nitrogens with zero attached hydrogens (tertiary/aromatic N) is 2. The SMILES string of the molecule is O=C(O)Cc1csc(SCC(=O)NC[C@H]2CN(Cc3ccc(Cl)c(Cl)c3)CCO2)n1.[K]. The molecule has 3 rings (SSSR count). The summed E-state index contributed by atoms with van der Waals surface area (Å²) in [5.41, 5.74) is 1.59. The second-order valence-corrected chi connectivity index (χ2v) is 9.64. The van der Waals surface area contributed by atoms with Gasteiger partial charge in [0.15, 0.2) is 4.34 Å². The van der Waals surface area contributed by atoms with Crippen LogP contribution < -0.4 is 5.32 Å². The molecule has 0 bridgehead atoms. The van der Waals surface area contributed by atoms with Gasteiger partial charge in [0, 0.05) is 82.9 Å². The number of carbonyl (C=O) groups excluding carboxylic acids is 1. The summed E-state index contributed by atoms with van der Waals surface area (Å²) in [6, 6.07) is 5.62. The van der Waals surface area contributed by atoms with Crippen molar-refractivity contribution >= 4 is 110 Å². The molecule has 0 spiro atoms. The smallest absolute Gasteiger partial charge is 0.309 e. The van der Waals surface area contributed by atoms with Crippen LogP contribution in [-0.2, 0) is 27.3 Å². The molecule has 1 atom stereocenters. The normalized spacial score (nSPS) is 16.5. The Bertz CT molecular complexity index is 903. The Morgan fingerprint density at radius 1 is 1.35 bits per heavy atom. The largest absolute Gasteiger partial charge is 0.481 e. The number of hydrogen-bond acceptors (Lipinski definition) is 7. The second-order valence-electron chi connectivity index (χ2n) is 6.74. The molecular weight excluding hydrogens is 508 g/mol. The summed E-state index contributed by atoms with van der Waals surface area (Å²) in [4.78, 5) is 29.3. The minimum atomic E-state index is -0.921. The minimum Gasteiger partial charge on any atom is -0.481 e. The average Bonchev–Trinajstić information content (AvgIpc) is 3.14. The van der Waals surface area contributed by atoms with Gasteiger partial charge in [0.05, 0.1) is 40.6 Å². The monoisotopic (exact) mass is 528 g/mol. The molecule has 0 saturated carbocycles. The molecule has 2 N–H and O–H groups in total. The van der Waals surface area contributed by atoms with E-state index in [0.717, 1.165) is 18.7 Å². The number of aromatic nitrogens is 1. The van der Waals surface area contributed by atoms with Gasteiger partial charge in [0.25, 0.3) is 0 Å². The number of morpholine rings is 1. The van der Waals surface area contributed by atoms with Crippen LogP contribution in [0.1, 0.15) is 11.3 Å². The van der Waals surface area contributed by atoms with Crippen LogP contribution in [0.5, 0.6) is 0 Å². The molecule has 0 aliphatic carbocycles. The predicted molar refractivity (Wildman–Crippen MR) is 124 cm³/mol. The Balaban J connectivity index is 0.00000341. The summed E-state index contributed by atoms with van der Waals surface area (Å²) in [6.07, 6.45) is -0.196. The van der Waals surface area contributed by atoms with Gasteiger partial charge in [-0.15, -0.1) is 11.3 Å². The number of carboxylic acid groups (broad SMARTS) is 1. The number of thioether (sulfide) groups is 1. The van der Waals surface area contributed by atoms with E-state index in [9.17, 15) is 9.59 Å². The third-order valence-electron chi connectivity index (χ3n) is 4.33. The second kappa shape index (κ2) is 13.9. The Labute approximate surface area is 241 Å². The maximum absolute atomic E-state index is 12.1. The van der Waals surface area contributed by atoms with Crippen LogP contribution in [0.3, 0.4) is 0 Å². The molecular formula is C19H21Cl2KN3O4S2. The van der Waals surface area contributed by atoms with Gasteiger partial charge in [0.1, 0.15) is 0 Å². The molecule has 2 heterocycles. The van der Waals surface area contributed by atoms with Crippen molar-refractivity contribution in [2.24, 2.45) is 0 Å². The zero-order chi connectivity index (χ0) is 21.5. The van der Waals surface area contributed by atoms with Gasteiger partial charge in [-0.05, 0) is 17.7 Å². The summed E-state index contributed by atoms with van der Waals surface area (Å²) in [6.45, 7) is 3.28. The van der Waals surface area contributed by atoms with E-state index in [1.165, 1.54) is 23.1 Å². The molecule has 1 aliphatic heterocycles. The molecule has 7 nitrogen and oxygen atoms in total. The summed E-state index contributed by atoms with van der Waals surface area (Å²) in [7, 11) is 0. The Morgan fingerprint density at radius 2 is 2.16 bits per heavy atom. The van der Waals surface area contributed by atoms with E-state index in [0.29, 0.717) is 39.8 Å². The molecule has 163 valence electrons. The van der Waals surface area contributed by atoms with Crippen LogP contribution >= 0.6 is 46.3 Å². The maximum Gasteiger partial charge on any atom is 0.309 e. The van der Waals surface area contributed by atoms with E-state index >= 15 is 0 Å². The first-order valence-electron chi connectivity index (χ1n) is 9.22. The van der Waals surface area contributed by atoms with Crippen molar-refractivity contribution < 1.29 is 19.4 Å². The number of halogens is 2. The van der Waals surface area contributed by atoms with Gasteiger partial charge in [0.2, 0.25) is 5.91 Å². The summed E-state index contributed by atoms with van der Waals surface area (Å²) in [5, 5.41) is 14.5. The number of carboxylic acids is 1. The van der Waals surface area contributed by atoms with E-state index in [1.807, 2.05) is 12.1 Å². The first-order valence-corrected chi connectivity index (χ1v) is 11.8. The summed E-state index contributed by atoms with van der Waals surface area (Å²) < 4.78 is 6.45. The molecule has 1 radical (unpaired) electrons. The van der Waals surface area contributed by atoms with Crippen LogP contribution in [0, 0.1) is 0 Å². The third-order valence-corrected chi connectivity index (χ3v) is 7.14. The standard InChI is InChI=1S/C19H21Cl2N3O4S2.K/c20-15-2-1-12(5-16(15)21)8-24-3-4-28-14(9-24)7-22-17(25)11-30-19-23-13(10-29-19)6-18(26)27;/h1-2,5,10,14H,3-4,6-9,11H2,(H,22,25)(H,26,27);/t14-;/m0./s1. The number of carbonyl (C=O) groups is 2. The zero-order valence-corrected chi connectivity index (χ0v) is 23.2. The quantitative estimate of drug-likeness (QED) is 0.381. The van der Waals surface area contributed by atoms with Crippen LogP contribution in [0.2, 0.25) is 10.0 Å². The van der Waals surface area contributed by atoms with Crippen LogP contribution in [0.25, 0.3) is 0 Å². The Hall–Kier alpha value is 0.276. The molecule has 1 amide bonds. The van der Waals surface area contributed by atoms with Crippen LogP contribution in [-0.4, -0.2) is 116 Å². The van der Waals surface area contributed by atoms with Crippen molar-refractivity contribution in [1.29, 1.82) is 0 Å². The first-order chi connectivity index (χ1) is 14.4. The number of thiazole rings is 1. The van der Waals surface area contributed by atoms with Crippen molar-refractivity contribution in [2.75, 3.05) is 32.0 Å². The van der Waals surface area contributed by atoms with Gasteiger partial charge in [-0.2, -0.15) is 0 Å². The van der Waals surface area contributed by atoms with Gasteiger partial charge in [-0.3, -0.25) is 14.5 Å². The average molecular weight is 530 g/mol. The van der Waals surface area contributed by atoms with Crippen molar-refractivity contribution in [2.45, 2.75) is 23.4 Å². The fraction of sp³-hybridized carbons (Fsp3) is 0.421. The van der Waals surface area contributed by atoms with E-state index in [-0.39, 0.29) is 75.6 Å². The molecule has 1 aliphatic rings. The minimum absolute atomic E-state index is 0. The summed E-state index contributed by atoms with van der Waals surface area (Å²) >= 11 is 14.7. The number of amides is 1. The van der Waals surface area contributed by atoms with Crippen molar-refractivity contribution in [1.82, 2.24) is 15.2 Å². The van der Waals surface area contributed by atoms with E-state index in [2.05, 4.69) is 15.2 Å². The fourth-order valence-corrected chi connectivity index (χ4v) is 4.94. The maximum atomic E-state index is 12.1. The number of rotatable bonds is 9. The molecule has 1 aromatic heterocycles. The van der Waals surface area contributed by atoms with Crippen LogP contribution in [0.4, 0.5) is 0 Å². The van der Waals surface area contributed by atoms with Gasteiger partial charge in [-0.25, -0.2) is 4.98 Å². The molecule has 31 heavy (non-hydrogen) atoms. The topological polar surface area (TPSA) is 91.8 Å². The number of hydrogen-bond donors (Lipinski definition) is 2. The van der Waals surface area contributed by atoms with Gasteiger partial charge < -0.3 is 15.2 Å². The van der Waals surface area contributed by atoms with Crippen LogP contribution in [0.15, 0.2) is 27.9 Å². The van der Waals surface area contributed by atoms with Gasteiger partial charge in [-0.1, -0.05) is 41.0 Å². The first kappa shape index (κ1) is 27.5. The number of nitrogens with one attached hydrogen (secondary N) is 1. The predicted octanol–water partition coefficient (Wildman–Crippen LogP) is 2.81. The number of benzene rings is 1. The Kier molecular flexibility index (Phi) is 12.3. The van der Waals surface area contributed by atoms with Crippen molar-refractivity contribution in [3.63, 3.8) is 0 Å². The van der Waals surface area contributed by atoms with E-state index in [4.69, 9.17) is 33.0 Å². The third kappa shape index (κ3) is 9.58. The van der Waals surface area contributed by atoms with Gasteiger partial charge >= 0.3 is 5.97 Å². The number of ether oxygens (including phenoxy) is 1. The molecule has 1 aromatic carbocycles. The van der Waals surface area contributed by atoms with Crippen molar-refractivity contribution in [3.8, 4) is 0 Å². The van der Waals surface area contributed by atoms with E-state index < -0.39 is 5.97 Å². The fourth-order valence-electron chi connectivity index (χ4n) is 2.94. The molecule has 2 aromatic rings. The number of aliphatic carboxylic acids is 1. The zero-order valence-electron chi connectivity index (χ0n) is 17.0. The van der Waals surface area contributed by atoms with E-state index in [1.54, 1.807) is 11.4 Å². The molecule has 1 fully saturated rings. The molecule has 12 heteroatoms. The summed E-state index contributed by atoms with van der Waals surface area (Å²) in [5.74, 6) is -0.810.